The molecule has 1 aliphatic rings. The van der Waals surface area contributed by atoms with Gasteiger partial charge in [-0.2, -0.15) is 0 Å². The lowest BCUT2D eigenvalue weighted by atomic mass is 10.1. The lowest BCUT2D eigenvalue weighted by molar-refractivity contribution is 0.103. The first kappa shape index (κ1) is 14.5. The summed E-state index contributed by atoms with van der Waals surface area (Å²) in [5.41, 5.74) is 6.23. The van der Waals surface area contributed by atoms with Gasteiger partial charge in [0.05, 0.1) is 11.0 Å². The van der Waals surface area contributed by atoms with Crippen LogP contribution < -0.4 is 0 Å². The van der Waals surface area contributed by atoms with Crippen LogP contribution in [-0.2, 0) is 11.3 Å². The van der Waals surface area contributed by atoms with Crippen molar-refractivity contribution >= 4 is 11.0 Å². The van der Waals surface area contributed by atoms with Crippen LogP contribution in [0.4, 0.5) is 0 Å². The lowest BCUT2D eigenvalue weighted by Crippen LogP contribution is -2.10. The highest BCUT2D eigenvalue weighted by molar-refractivity contribution is 5.76. The maximum absolute atomic E-state index is 5.92. The molecule has 118 valence electrons. The van der Waals surface area contributed by atoms with Crippen molar-refractivity contribution in [1.29, 1.82) is 0 Å². The molecule has 1 aromatic heterocycles. The number of fused-ring (bicyclic) bond motifs is 1. The minimum absolute atomic E-state index is 0.132. The number of para-hydroxylation sites is 2. The van der Waals surface area contributed by atoms with E-state index in [1.54, 1.807) is 0 Å². The molecule has 0 radical (unpaired) electrons. The number of ether oxygens (including phenoxy) is 1. The molecule has 3 aromatic rings. The van der Waals surface area contributed by atoms with Gasteiger partial charge < -0.3 is 9.30 Å². The second kappa shape index (κ2) is 5.82. The molecule has 4 rings (SSSR count). The Morgan fingerprint density at radius 1 is 1.17 bits per heavy atom. The van der Waals surface area contributed by atoms with Crippen molar-refractivity contribution in [2.24, 2.45) is 0 Å². The van der Waals surface area contributed by atoms with E-state index in [-0.39, 0.29) is 6.10 Å². The second-order valence-corrected chi connectivity index (χ2v) is 6.48. The van der Waals surface area contributed by atoms with Crippen LogP contribution in [0.15, 0.2) is 42.5 Å². The molecule has 1 fully saturated rings. The fourth-order valence-electron chi connectivity index (χ4n) is 3.43. The summed E-state index contributed by atoms with van der Waals surface area (Å²) in [5.74, 6) is 1.07. The largest absolute Gasteiger partial charge is 0.370 e. The van der Waals surface area contributed by atoms with Gasteiger partial charge in [0.25, 0.3) is 0 Å². The van der Waals surface area contributed by atoms with Crippen LogP contribution in [0.25, 0.3) is 11.0 Å². The Morgan fingerprint density at radius 2 is 2.04 bits per heavy atom. The van der Waals surface area contributed by atoms with Crippen molar-refractivity contribution < 1.29 is 4.74 Å². The number of benzene rings is 2. The van der Waals surface area contributed by atoms with E-state index in [0.29, 0.717) is 0 Å². The Kier molecular flexibility index (Phi) is 3.66. The average molecular weight is 306 g/mol. The molecule has 0 N–H and O–H groups in total. The van der Waals surface area contributed by atoms with Gasteiger partial charge in [0.2, 0.25) is 0 Å². The Balaban J connectivity index is 1.83. The van der Waals surface area contributed by atoms with E-state index in [2.05, 4.69) is 60.9 Å². The first-order chi connectivity index (χ1) is 11.2. The summed E-state index contributed by atoms with van der Waals surface area (Å²) in [4.78, 5) is 4.88. The molecular formula is C20H22N2O. The van der Waals surface area contributed by atoms with Crippen LogP contribution in [0.3, 0.4) is 0 Å². The third-order valence-electron chi connectivity index (χ3n) is 4.73. The van der Waals surface area contributed by atoms with Gasteiger partial charge in [0, 0.05) is 13.2 Å². The molecule has 1 unspecified atom stereocenters. The minimum Gasteiger partial charge on any atom is -0.370 e. The van der Waals surface area contributed by atoms with E-state index in [1.165, 1.54) is 22.2 Å². The average Bonchev–Trinajstić information content (AvgIpc) is 3.19. The highest BCUT2D eigenvalue weighted by atomic mass is 16.5. The smallest absolute Gasteiger partial charge is 0.139 e. The first-order valence-electron chi connectivity index (χ1n) is 8.35. The summed E-state index contributed by atoms with van der Waals surface area (Å²) in [6, 6.07) is 15.0. The summed E-state index contributed by atoms with van der Waals surface area (Å²) in [5, 5.41) is 0. The molecule has 1 atom stereocenters. The molecule has 0 bridgehead atoms. The zero-order chi connectivity index (χ0) is 15.8. The molecule has 0 saturated carbocycles. The van der Waals surface area contributed by atoms with E-state index in [4.69, 9.17) is 9.72 Å². The van der Waals surface area contributed by atoms with Crippen molar-refractivity contribution in [3.8, 4) is 0 Å². The summed E-state index contributed by atoms with van der Waals surface area (Å²) in [6.45, 7) is 6.02. The summed E-state index contributed by atoms with van der Waals surface area (Å²) in [6.07, 6.45) is 2.32. The number of aromatic nitrogens is 2. The van der Waals surface area contributed by atoms with Gasteiger partial charge in [-0.05, 0) is 49.9 Å². The van der Waals surface area contributed by atoms with Crippen LogP contribution in [0.5, 0.6) is 0 Å². The van der Waals surface area contributed by atoms with Crippen LogP contribution in [-0.4, -0.2) is 16.2 Å². The van der Waals surface area contributed by atoms with E-state index in [1.807, 2.05) is 0 Å². The topological polar surface area (TPSA) is 27.1 Å². The van der Waals surface area contributed by atoms with Gasteiger partial charge in [-0.25, -0.2) is 4.98 Å². The fraction of sp³-hybridized carbons (Fsp3) is 0.350. The number of hydrogen-bond donors (Lipinski definition) is 0. The molecule has 23 heavy (non-hydrogen) atoms. The van der Waals surface area contributed by atoms with Gasteiger partial charge in [-0.1, -0.05) is 35.9 Å². The number of aryl methyl sites for hydroxylation is 2. The highest BCUT2D eigenvalue weighted by Crippen LogP contribution is 2.31. The van der Waals surface area contributed by atoms with Gasteiger partial charge in [-0.3, -0.25) is 0 Å². The van der Waals surface area contributed by atoms with Crippen molar-refractivity contribution in [2.75, 3.05) is 6.61 Å². The van der Waals surface area contributed by atoms with Gasteiger partial charge in [0.1, 0.15) is 11.9 Å². The predicted octanol–water partition coefficient (Wildman–Crippen LogP) is 4.55. The van der Waals surface area contributed by atoms with Crippen LogP contribution in [0.1, 0.15) is 41.5 Å². The third-order valence-corrected chi connectivity index (χ3v) is 4.73. The molecule has 1 saturated heterocycles. The standard InChI is InChI=1S/C20H22N2O/c1-14-9-10-15(2)16(12-14)13-22-18-7-4-3-6-17(18)21-20(22)19-8-5-11-23-19/h3-4,6-7,9-10,12,19H,5,8,11,13H2,1-2H3. The Morgan fingerprint density at radius 3 is 2.87 bits per heavy atom. The minimum atomic E-state index is 0.132. The molecule has 3 nitrogen and oxygen atoms in total. The van der Waals surface area contributed by atoms with E-state index in [9.17, 15) is 0 Å². The molecule has 0 amide bonds. The number of rotatable bonds is 3. The third kappa shape index (κ3) is 2.66. The zero-order valence-electron chi connectivity index (χ0n) is 13.7. The maximum Gasteiger partial charge on any atom is 0.139 e. The maximum atomic E-state index is 5.92. The normalized spacial score (nSPS) is 17.9. The zero-order valence-corrected chi connectivity index (χ0v) is 13.7. The van der Waals surface area contributed by atoms with Crippen molar-refractivity contribution in [3.63, 3.8) is 0 Å². The van der Waals surface area contributed by atoms with Crippen LogP contribution in [0.2, 0.25) is 0 Å². The molecule has 3 heteroatoms. The monoisotopic (exact) mass is 306 g/mol. The van der Waals surface area contributed by atoms with E-state index < -0.39 is 0 Å². The number of hydrogen-bond acceptors (Lipinski definition) is 2. The van der Waals surface area contributed by atoms with E-state index >= 15 is 0 Å². The fourth-order valence-corrected chi connectivity index (χ4v) is 3.43. The van der Waals surface area contributed by atoms with Crippen LogP contribution in [0, 0.1) is 13.8 Å². The molecular weight excluding hydrogens is 284 g/mol. The Bertz CT molecular complexity index is 844. The van der Waals surface area contributed by atoms with Crippen molar-refractivity contribution in [1.82, 2.24) is 9.55 Å². The molecule has 2 heterocycles. The van der Waals surface area contributed by atoms with Crippen molar-refractivity contribution in [2.45, 2.75) is 39.3 Å². The Labute approximate surface area is 136 Å². The highest BCUT2D eigenvalue weighted by Gasteiger charge is 2.24. The van der Waals surface area contributed by atoms with E-state index in [0.717, 1.165) is 37.3 Å². The summed E-state index contributed by atoms with van der Waals surface area (Å²) >= 11 is 0. The molecule has 2 aromatic carbocycles. The summed E-state index contributed by atoms with van der Waals surface area (Å²) < 4.78 is 8.26. The summed E-state index contributed by atoms with van der Waals surface area (Å²) in [7, 11) is 0. The second-order valence-electron chi connectivity index (χ2n) is 6.48. The lowest BCUT2D eigenvalue weighted by Gasteiger charge is -2.15. The van der Waals surface area contributed by atoms with Crippen LogP contribution >= 0.6 is 0 Å². The van der Waals surface area contributed by atoms with Crippen molar-refractivity contribution in [3.05, 3.63) is 65.0 Å². The van der Waals surface area contributed by atoms with Gasteiger partial charge >= 0.3 is 0 Å². The predicted molar refractivity (Wildman–Crippen MR) is 92.7 cm³/mol. The number of nitrogens with zero attached hydrogens (tertiary/aromatic N) is 2. The molecule has 1 aliphatic heterocycles. The van der Waals surface area contributed by atoms with Gasteiger partial charge in [-0.15, -0.1) is 0 Å². The SMILES string of the molecule is Cc1ccc(C)c(Cn2c(C3CCCO3)nc3ccccc32)c1. The Hall–Kier alpha value is -2.13. The van der Waals surface area contributed by atoms with Gasteiger partial charge in [0.15, 0.2) is 0 Å². The molecule has 0 spiro atoms. The molecule has 0 aliphatic carbocycles. The number of imidazole rings is 1. The first-order valence-corrected chi connectivity index (χ1v) is 8.35. The quantitative estimate of drug-likeness (QED) is 0.709.